The highest BCUT2D eigenvalue weighted by molar-refractivity contribution is 5.90. The first-order chi connectivity index (χ1) is 13.6. The fourth-order valence-electron chi connectivity index (χ4n) is 3.48. The Bertz CT molecular complexity index is 577. The molecule has 0 aliphatic carbocycles. The number of likely N-dealkylation sites (N-methyl/N-ethyl adjacent to an activating group) is 2. The summed E-state index contributed by atoms with van der Waals surface area (Å²) in [5, 5.41) is 19.1. The lowest BCUT2D eigenvalue weighted by Gasteiger charge is -2.35. The zero-order valence-corrected chi connectivity index (χ0v) is 18.9. The molecule has 2 amide bonds. The second-order valence-electron chi connectivity index (χ2n) is 7.80. The van der Waals surface area contributed by atoms with E-state index in [9.17, 15) is 14.4 Å². The molecular formula is C21H39N3O5. The number of rotatable bonds is 8. The van der Waals surface area contributed by atoms with Gasteiger partial charge in [-0.3, -0.25) is 14.5 Å². The lowest BCUT2D eigenvalue weighted by molar-refractivity contribution is -0.138. The van der Waals surface area contributed by atoms with Gasteiger partial charge in [0, 0.05) is 19.7 Å². The van der Waals surface area contributed by atoms with Crippen LogP contribution in [0.1, 0.15) is 53.4 Å². The Morgan fingerprint density at radius 3 is 2.28 bits per heavy atom. The molecular weight excluding hydrogens is 374 g/mol. The first kappa shape index (κ1) is 27.1. The first-order valence-electron chi connectivity index (χ1n) is 10.2. The fourth-order valence-corrected chi connectivity index (χ4v) is 3.48. The summed E-state index contributed by atoms with van der Waals surface area (Å²) in [4.78, 5) is 40.4. The van der Waals surface area contributed by atoms with Gasteiger partial charge in [0.05, 0.1) is 12.1 Å². The van der Waals surface area contributed by atoms with E-state index in [4.69, 9.17) is 10.2 Å². The predicted molar refractivity (Wildman–Crippen MR) is 113 cm³/mol. The van der Waals surface area contributed by atoms with Gasteiger partial charge in [-0.15, -0.1) is 0 Å². The maximum atomic E-state index is 13.0. The van der Waals surface area contributed by atoms with Crippen molar-refractivity contribution in [2.24, 2.45) is 5.92 Å². The van der Waals surface area contributed by atoms with Crippen molar-refractivity contribution in [3.63, 3.8) is 0 Å². The van der Waals surface area contributed by atoms with Gasteiger partial charge in [0.15, 0.2) is 0 Å². The smallest absolute Gasteiger partial charge is 0.331 e. The van der Waals surface area contributed by atoms with E-state index in [1.165, 1.54) is 6.92 Å². The van der Waals surface area contributed by atoms with E-state index in [1.54, 1.807) is 18.0 Å². The highest BCUT2D eigenvalue weighted by atomic mass is 16.4. The van der Waals surface area contributed by atoms with Crippen molar-refractivity contribution in [2.75, 3.05) is 27.7 Å². The Kier molecular flexibility index (Phi) is 12.4. The van der Waals surface area contributed by atoms with Gasteiger partial charge in [-0.1, -0.05) is 33.3 Å². The van der Waals surface area contributed by atoms with E-state index < -0.39 is 12.0 Å². The lowest BCUT2D eigenvalue weighted by Crippen LogP contribution is -2.55. The van der Waals surface area contributed by atoms with E-state index >= 15 is 0 Å². The van der Waals surface area contributed by atoms with Crippen LogP contribution in [0.5, 0.6) is 0 Å². The third-order valence-corrected chi connectivity index (χ3v) is 5.33. The molecule has 0 aromatic heterocycles. The third kappa shape index (κ3) is 8.14. The molecule has 29 heavy (non-hydrogen) atoms. The van der Waals surface area contributed by atoms with Gasteiger partial charge in [-0.05, 0) is 45.7 Å². The number of carboxylic acids is 1. The van der Waals surface area contributed by atoms with E-state index in [0.717, 1.165) is 32.9 Å². The number of hydrogen-bond donors (Lipinski definition) is 3. The summed E-state index contributed by atoms with van der Waals surface area (Å²) in [5.74, 6) is -1.25. The summed E-state index contributed by atoms with van der Waals surface area (Å²) in [6.07, 6.45) is 5.00. The van der Waals surface area contributed by atoms with Gasteiger partial charge >= 0.3 is 5.97 Å². The van der Waals surface area contributed by atoms with Crippen molar-refractivity contribution >= 4 is 17.8 Å². The number of aliphatic hydroxyl groups is 1. The number of carbonyl (C=O) groups is 3. The molecule has 1 fully saturated rings. The Morgan fingerprint density at radius 1 is 1.24 bits per heavy atom. The number of likely N-dealkylation sites (tertiary alicyclic amines) is 1. The van der Waals surface area contributed by atoms with Crippen LogP contribution in [0.2, 0.25) is 0 Å². The summed E-state index contributed by atoms with van der Waals surface area (Å²) in [6, 6.07) is -1.16. The minimum absolute atomic E-state index is 0.0472. The quantitative estimate of drug-likeness (QED) is 0.520. The van der Waals surface area contributed by atoms with Gasteiger partial charge in [0.1, 0.15) is 6.04 Å². The first-order valence-corrected chi connectivity index (χ1v) is 10.2. The number of nitrogens with zero attached hydrogens (tertiary/aromatic N) is 2. The van der Waals surface area contributed by atoms with Crippen molar-refractivity contribution in [1.82, 2.24) is 15.1 Å². The maximum Gasteiger partial charge on any atom is 0.331 e. The van der Waals surface area contributed by atoms with Crippen LogP contribution < -0.4 is 5.32 Å². The number of aliphatic carboxylic acids is 1. The average molecular weight is 414 g/mol. The van der Waals surface area contributed by atoms with Gasteiger partial charge < -0.3 is 20.4 Å². The van der Waals surface area contributed by atoms with Crippen LogP contribution in [-0.2, 0) is 14.4 Å². The van der Waals surface area contributed by atoms with Crippen molar-refractivity contribution < 1.29 is 24.6 Å². The Balaban J connectivity index is 0.00000379. The van der Waals surface area contributed by atoms with Crippen LogP contribution in [0.3, 0.4) is 0 Å². The van der Waals surface area contributed by atoms with Crippen LogP contribution in [0.4, 0.5) is 0 Å². The lowest BCUT2D eigenvalue weighted by atomic mass is 9.98. The molecule has 1 saturated heterocycles. The van der Waals surface area contributed by atoms with Crippen LogP contribution in [0, 0.1) is 5.92 Å². The molecule has 0 spiro atoms. The molecule has 3 N–H and O–H groups in total. The van der Waals surface area contributed by atoms with E-state index in [0.29, 0.717) is 6.42 Å². The van der Waals surface area contributed by atoms with E-state index in [2.05, 4.69) is 5.32 Å². The van der Waals surface area contributed by atoms with Crippen LogP contribution in [-0.4, -0.2) is 83.7 Å². The van der Waals surface area contributed by atoms with Crippen LogP contribution >= 0.6 is 0 Å². The fraction of sp³-hybridized carbons (Fsp3) is 0.762. The molecule has 168 valence electrons. The van der Waals surface area contributed by atoms with Crippen molar-refractivity contribution in [1.29, 1.82) is 0 Å². The molecule has 0 unspecified atom stereocenters. The Hall–Kier alpha value is -1.93. The molecule has 0 radical (unpaired) electrons. The number of carbonyl (C=O) groups excluding carboxylic acids is 2. The zero-order chi connectivity index (χ0) is 22.7. The minimum Gasteiger partial charge on any atom is -0.478 e. The molecule has 8 heteroatoms. The number of carboxylic acid groups (broad SMARTS) is 1. The minimum atomic E-state index is -0.998. The summed E-state index contributed by atoms with van der Waals surface area (Å²) in [7, 11) is 4.60. The molecule has 8 nitrogen and oxygen atoms in total. The summed E-state index contributed by atoms with van der Waals surface area (Å²) in [6.45, 7) is 8.16. The predicted octanol–water partition coefficient (Wildman–Crippen LogP) is 1.49. The molecule has 3 atom stereocenters. The van der Waals surface area contributed by atoms with Gasteiger partial charge in [0.25, 0.3) is 0 Å². The topological polar surface area (TPSA) is 110 Å². The molecule has 1 rings (SSSR count). The Morgan fingerprint density at radius 2 is 1.83 bits per heavy atom. The molecule has 1 heterocycles. The second-order valence-corrected chi connectivity index (χ2v) is 7.80. The van der Waals surface area contributed by atoms with Crippen molar-refractivity contribution in [3.8, 4) is 0 Å². The molecule has 0 bridgehead atoms. The van der Waals surface area contributed by atoms with Crippen molar-refractivity contribution in [2.45, 2.75) is 71.5 Å². The maximum absolute atomic E-state index is 13.0. The molecule has 0 aromatic carbocycles. The average Bonchev–Trinajstić information content (AvgIpc) is 2.70. The second kappa shape index (κ2) is 13.3. The highest BCUT2D eigenvalue weighted by Gasteiger charge is 2.32. The van der Waals surface area contributed by atoms with Crippen LogP contribution in [0.15, 0.2) is 11.6 Å². The monoisotopic (exact) mass is 413 g/mol. The SMILES string of the molecule is CC[C@H](NC(=O)[C@H]1CCCCN1C)C(=O)N(C)[C@H](/C=C(\C)C(=O)O)C(C)C.CO. The van der Waals surface area contributed by atoms with E-state index in [1.807, 2.05) is 32.7 Å². The highest BCUT2D eigenvalue weighted by Crippen LogP contribution is 2.17. The number of piperidine rings is 1. The molecule has 1 aliphatic rings. The number of nitrogens with one attached hydrogen (secondary N) is 1. The summed E-state index contributed by atoms with van der Waals surface area (Å²) < 4.78 is 0. The third-order valence-electron chi connectivity index (χ3n) is 5.33. The largest absolute Gasteiger partial charge is 0.478 e. The van der Waals surface area contributed by atoms with Gasteiger partial charge in [0.2, 0.25) is 11.8 Å². The normalized spacial score (nSPS) is 19.6. The number of amides is 2. The number of aliphatic hydroxyl groups excluding tert-OH is 1. The molecule has 0 saturated carbocycles. The summed E-state index contributed by atoms with van der Waals surface area (Å²) in [5.41, 5.74) is 0.203. The molecule has 0 aromatic rings. The Labute approximate surface area is 174 Å². The standard InChI is InChI=1S/C20H35N3O4.CH4O/c1-7-15(21-18(24)16-10-8-9-11-22(16)5)19(25)23(6)17(13(2)3)12-14(4)20(26)27;1-2/h12-13,15-17H,7-11H2,1-6H3,(H,21,24)(H,26,27);2H,1H3/b14-12+;/t15-,16+,17+;/m0./s1. The molecule has 1 aliphatic heterocycles. The van der Waals surface area contributed by atoms with Gasteiger partial charge in [-0.25, -0.2) is 4.79 Å². The number of hydrogen-bond acceptors (Lipinski definition) is 5. The van der Waals surface area contributed by atoms with Crippen molar-refractivity contribution in [3.05, 3.63) is 11.6 Å². The zero-order valence-electron chi connectivity index (χ0n) is 18.9. The summed E-state index contributed by atoms with van der Waals surface area (Å²) >= 11 is 0. The van der Waals surface area contributed by atoms with Crippen LogP contribution in [0.25, 0.3) is 0 Å². The van der Waals surface area contributed by atoms with Gasteiger partial charge in [-0.2, -0.15) is 0 Å². The van der Waals surface area contributed by atoms with E-state index in [-0.39, 0.29) is 35.4 Å².